The molecule has 0 N–H and O–H groups in total. The van der Waals surface area contributed by atoms with Crippen LogP contribution in [-0.2, 0) is 0 Å². The van der Waals surface area contributed by atoms with Crippen LogP contribution in [0.25, 0.3) is 0 Å². The molecule has 1 saturated heterocycles. The molecule has 0 spiro atoms. The van der Waals surface area contributed by atoms with E-state index in [2.05, 4.69) is 62.9 Å². The van der Waals surface area contributed by atoms with E-state index in [0.717, 1.165) is 19.8 Å². The summed E-state index contributed by atoms with van der Waals surface area (Å²) in [6.07, 6.45) is 0. The van der Waals surface area contributed by atoms with E-state index in [1.165, 1.54) is 46.0 Å². The van der Waals surface area contributed by atoms with Crippen LogP contribution in [-0.4, -0.2) is 51.7 Å². The van der Waals surface area contributed by atoms with Crippen molar-refractivity contribution < 1.29 is 0 Å². The maximum absolute atomic E-state index is 2.95. The Morgan fingerprint density at radius 3 is 1.65 bits per heavy atom. The van der Waals surface area contributed by atoms with Gasteiger partial charge in [-0.1, -0.05) is 15.2 Å². The van der Waals surface area contributed by atoms with E-state index >= 15 is 0 Å². The topological polar surface area (TPSA) is 0 Å². The summed E-state index contributed by atoms with van der Waals surface area (Å²) in [7, 11) is 4.00. The van der Waals surface area contributed by atoms with Gasteiger partial charge in [-0.05, 0) is 23.1 Å². The first-order valence-corrected chi connectivity index (χ1v) is 13.6. The lowest BCUT2D eigenvalue weighted by Gasteiger charge is -2.16. The van der Waals surface area contributed by atoms with Gasteiger partial charge in [-0.25, -0.2) is 0 Å². The highest BCUT2D eigenvalue weighted by Crippen LogP contribution is 2.33. The number of hydrogen-bond donors (Lipinski definition) is 0. The van der Waals surface area contributed by atoms with Crippen molar-refractivity contribution in [3.05, 3.63) is 0 Å². The molecule has 1 heterocycles. The van der Waals surface area contributed by atoms with Gasteiger partial charge in [0.05, 0.1) is 0 Å². The van der Waals surface area contributed by atoms with E-state index in [9.17, 15) is 0 Å². The van der Waals surface area contributed by atoms with Crippen molar-refractivity contribution in [3.63, 3.8) is 0 Å². The van der Waals surface area contributed by atoms with Crippen LogP contribution in [0.15, 0.2) is 0 Å². The molecule has 0 bridgehead atoms. The fraction of sp³-hybridized carbons (Fsp3) is 1.00. The lowest BCUT2D eigenvalue weighted by Crippen LogP contribution is -2.10. The molecule has 0 aromatic heterocycles. The summed E-state index contributed by atoms with van der Waals surface area (Å²) in [4.78, 5) is 0. The second-order valence-electron chi connectivity index (χ2n) is 4.27. The molecule has 1 aliphatic rings. The standard InChI is InChI=1S/C11H24P2S4/c1-10-6-14-2-4-16-8-11(13-12)9-17-5-3-15-7-10/h10-11,13H,2-9,12H2,1H3. The Bertz CT molecular complexity index is 167. The minimum absolute atomic E-state index is 0.893. The molecule has 2 unspecified atom stereocenters. The molecule has 0 radical (unpaired) electrons. The predicted octanol–water partition coefficient (Wildman–Crippen LogP) is 4.41. The zero-order valence-corrected chi connectivity index (χ0v) is 15.9. The summed E-state index contributed by atoms with van der Waals surface area (Å²) in [6.45, 7) is 2.40. The van der Waals surface area contributed by atoms with Gasteiger partial charge in [0.15, 0.2) is 0 Å². The Kier molecular flexibility index (Phi) is 12.3. The molecule has 6 heteroatoms. The average Bonchev–Trinajstić information content (AvgIpc) is 2.34. The van der Waals surface area contributed by atoms with Crippen molar-refractivity contribution in [1.82, 2.24) is 0 Å². The summed E-state index contributed by atoms with van der Waals surface area (Å²) >= 11 is 8.64. The van der Waals surface area contributed by atoms with Crippen molar-refractivity contribution in [1.29, 1.82) is 0 Å². The maximum Gasteiger partial charge on any atom is 0.00238 e. The number of thioether (sulfide) groups is 4. The summed E-state index contributed by atoms with van der Waals surface area (Å²) in [5.74, 6) is 11.7. The van der Waals surface area contributed by atoms with Crippen molar-refractivity contribution in [2.75, 3.05) is 46.0 Å². The average molecular weight is 347 g/mol. The van der Waals surface area contributed by atoms with Crippen LogP contribution in [0.4, 0.5) is 0 Å². The Hall–Kier alpha value is 2.26. The Morgan fingerprint density at radius 1 is 0.824 bits per heavy atom. The van der Waals surface area contributed by atoms with Crippen LogP contribution >= 0.6 is 64.2 Å². The summed E-state index contributed by atoms with van der Waals surface area (Å²) < 4.78 is 0. The van der Waals surface area contributed by atoms with Gasteiger partial charge >= 0.3 is 0 Å². The fourth-order valence-corrected chi connectivity index (χ4v) is 9.35. The predicted molar refractivity (Wildman–Crippen MR) is 100 cm³/mol. The Balaban J connectivity index is 2.23. The molecule has 1 fully saturated rings. The van der Waals surface area contributed by atoms with Gasteiger partial charge in [0, 0.05) is 34.5 Å². The number of rotatable bonds is 1. The van der Waals surface area contributed by atoms with E-state index in [1.54, 1.807) is 0 Å². The molecule has 0 aromatic carbocycles. The third-order valence-electron chi connectivity index (χ3n) is 2.42. The molecule has 1 aliphatic heterocycles. The molecular formula is C11H24P2S4. The minimum atomic E-state index is 0.893. The van der Waals surface area contributed by atoms with Gasteiger partial charge in [-0.3, -0.25) is 0 Å². The molecule has 102 valence electrons. The first-order valence-electron chi connectivity index (χ1n) is 6.10. The molecule has 2 atom stereocenters. The van der Waals surface area contributed by atoms with Gasteiger partial charge in [0.25, 0.3) is 0 Å². The molecule has 0 nitrogen and oxygen atoms in total. The molecular weight excluding hydrogens is 322 g/mol. The van der Waals surface area contributed by atoms with Gasteiger partial charge in [0.2, 0.25) is 0 Å². The van der Waals surface area contributed by atoms with E-state index in [0.29, 0.717) is 0 Å². The highest BCUT2D eigenvalue weighted by molar-refractivity contribution is 8.07. The van der Waals surface area contributed by atoms with E-state index in [-0.39, 0.29) is 0 Å². The van der Waals surface area contributed by atoms with Gasteiger partial charge in [0.1, 0.15) is 0 Å². The third-order valence-corrected chi connectivity index (χ3v) is 10.7. The van der Waals surface area contributed by atoms with Crippen molar-refractivity contribution >= 4 is 64.2 Å². The quantitative estimate of drug-likeness (QED) is 0.645. The van der Waals surface area contributed by atoms with Gasteiger partial charge in [-0.15, -0.1) is 8.93 Å². The molecule has 0 amide bonds. The monoisotopic (exact) mass is 346 g/mol. The fourth-order valence-electron chi connectivity index (χ4n) is 1.45. The second-order valence-corrected chi connectivity index (χ2v) is 11.0. The van der Waals surface area contributed by atoms with E-state index < -0.39 is 0 Å². The first-order chi connectivity index (χ1) is 8.33. The summed E-state index contributed by atoms with van der Waals surface area (Å²) in [6, 6.07) is 0. The molecule has 1 rings (SSSR count). The SMILES string of the molecule is CC1CSCCSCC(PP)CSCCSC1. The van der Waals surface area contributed by atoms with Crippen LogP contribution in [0.3, 0.4) is 0 Å². The zero-order valence-electron chi connectivity index (χ0n) is 10.5. The minimum Gasteiger partial charge on any atom is -0.161 e. The smallest absolute Gasteiger partial charge is 0.00238 e. The molecule has 0 saturated carbocycles. The molecule has 17 heavy (non-hydrogen) atoms. The summed E-state index contributed by atoms with van der Waals surface area (Å²) in [5.41, 5.74) is 0.937. The highest BCUT2D eigenvalue weighted by atomic mass is 32.2. The number of hydrogen-bond acceptors (Lipinski definition) is 4. The van der Waals surface area contributed by atoms with Crippen LogP contribution in [0.2, 0.25) is 0 Å². The molecule has 0 aliphatic carbocycles. The van der Waals surface area contributed by atoms with Crippen LogP contribution < -0.4 is 0 Å². The molecule has 0 aromatic rings. The van der Waals surface area contributed by atoms with Crippen molar-refractivity contribution in [2.24, 2.45) is 5.92 Å². The first kappa shape index (κ1) is 17.3. The second kappa shape index (κ2) is 12.0. The van der Waals surface area contributed by atoms with E-state index in [1.807, 2.05) is 0 Å². The Labute approximate surface area is 128 Å². The van der Waals surface area contributed by atoms with Crippen molar-refractivity contribution in [2.45, 2.75) is 12.6 Å². The largest absolute Gasteiger partial charge is 0.161 e. The van der Waals surface area contributed by atoms with Crippen LogP contribution in [0.5, 0.6) is 0 Å². The third kappa shape index (κ3) is 9.74. The summed E-state index contributed by atoms with van der Waals surface area (Å²) in [5, 5.41) is 0. The van der Waals surface area contributed by atoms with E-state index in [4.69, 9.17) is 0 Å². The maximum atomic E-state index is 2.95. The van der Waals surface area contributed by atoms with Crippen LogP contribution in [0.1, 0.15) is 6.92 Å². The lowest BCUT2D eigenvalue weighted by atomic mass is 10.3. The van der Waals surface area contributed by atoms with Crippen LogP contribution in [0, 0.1) is 5.92 Å². The lowest BCUT2D eigenvalue weighted by molar-refractivity contribution is 0.764. The highest BCUT2D eigenvalue weighted by Gasteiger charge is 2.08. The van der Waals surface area contributed by atoms with Crippen molar-refractivity contribution in [3.8, 4) is 0 Å². The van der Waals surface area contributed by atoms with Gasteiger partial charge < -0.3 is 0 Å². The van der Waals surface area contributed by atoms with Gasteiger partial charge in [-0.2, -0.15) is 47.0 Å². The normalized spacial score (nSPS) is 31.4. The Morgan fingerprint density at radius 2 is 1.24 bits per heavy atom. The zero-order chi connectivity index (χ0) is 12.3.